The van der Waals surface area contributed by atoms with Crippen molar-refractivity contribution in [2.45, 2.75) is 12.8 Å². The van der Waals surface area contributed by atoms with E-state index in [2.05, 4.69) is 35.6 Å². The average Bonchev–Trinajstić information content (AvgIpc) is 2.47. The molecule has 1 heterocycles. The summed E-state index contributed by atoms with van der Waals surface area (Å²) in [4.78, 5) is 0. The summed E-state index contributed by atoms with van der Waals surface area (Å²) in [7, 11) is 1.69. The van der Waals surface area contributed by atoms with Crippen LogP contribution in [-0.4, -0.2) is 13.7 Å². The number of anilines is 1. The van der Waals surface area contributed by atoms with E-state index < -0.39 is 0 Å². The summed E-state index contributed by atoms with van der Waals surface area (Å²) in [5.74, 6) is 0.901. The molecule has 1 aliphatic rings. The number of rotatable bonds is 2. The Labute approximate surface area is 120 Å². The van der Waals surface area contributed by atoms with E-state index in [9.17, 15) is 0 Å². The maximum atomic E-state index is 5.19. The van der Waals surface area contributed by atoms with Gasteiger partial charge in [0.1, 0.15) is 5.75 Å². The van der Waals surface area contributed by atoms with Gasteiger partial charge in [-0.2, -0.15) is 0 Å². The van der Waals surface area contributed by atoms with Crippen LogP contribution in [0.4, 0.5) is 5.69 Å². The van der Waals surface area contributed by atoms with E-state index in [1.54, 1.807) is 7.11 Å². The van der Waals surface area contributed by atoms with Gasteiger partial charge in [0, 0.05) is 12.2 Å². The molecule has 2 nitrogen and oxygen atoms in total. The zero-order valence-corrected chi connectivity index (χ0v) is 11.8. The Hall–Kier alpha value is -1.67. The van der Waals surface area contributed by atoms with Crippen molar-refractivity contribution in [3.05, 3.63) is 48.0 Å². The Balaban J connectivity index is 0.00000133. The second-order valence-electron chi connectivity index (χ2n) is 4.63. The predicted octanol–water partition coefficient (Wildman–Crippen LogP) is 4.14. The lowest BCUT2D eigenvalue weighted by atomic mass is 9.97. The van der Waals surface area contributed by atoms with Crippen molar-refractivity contribution < 1.29 is 4.74 Å². The first-order valence-corrected chi connectivity index (χ1v) is 6.38. The summed E-state index contributed by atoms with van der Waals surface area (Å²) in [6.07, 6.45) is 2.39. The molecule has 0 bridgehead atoms. The Bertz CT molecular complexity index is 551. The van der Waals surface area contributed by atoms with Gasteiger partial charge in [-0.1, -0.05) is 18.2 Å². The van der Waals surface area contributed by atoms with Crippen LogP contribution in [0.1, 0.15) is 12.0 Å². The Morgan fingerprint density at radius 3 is 2.47 bits per heavy atom. The van der Waals surface area contributed by atoms with Crippen molar-refractivity contribution >= 4 is 18.1 Å². The van der Waals surface area contributed by atoms with Gasteiger partial charge in [-0.15, -0.1) is 12.4 Å². The number of fused-ring (bicyclic) bond motifs is 1. The molecule has 3 heteroatoms. The van der Waals surface area contributed by atoms with E-state index in [4.69, 9.17) is 4.74 Å². The fourth-order valence-electron chi connectivity index (χ4n) is 2.44. The molecule has 0 spiro atoms. The Morgan fingerprint density at radius 2 is 1.74 bits per heavy atom. The van der Waals surface area contributed by atoms with Crippen LogP contribution in [0, 0.1) is 0 Å². The van der Waals surface area contributed by atoms with Crippen LogP contribution >= 0.6 is 12.4 Å². The lowest BCUT2D eigenvalue weighted by Gasteiger charge is -2.18. The molecule has 0 radical (unpaired) electrons. The van der Waals surface area contributed by atoms with E-state index in [-0.39, 0.29) is 12.4 Å². The highest BCUT2D eigenvalue weighted by Crippen LogP contribution is 2.29. The lowest BCUT2D eigenvalue weighted by molar-refractivity contribution is 0.415. The first-order chi connectivity index (χ1) is 8.86. The van der Waals surface area contributed by atoms with Gasteiger partial charge < -0.3 is 10.1 Å². The highest BCUT2D eigenvalue weighted by Gasteiger charge is 2.09. The molecule has 0 aromatic heterocycles. The minimum atomic E-state index is 0. The monoisotopic (exact) mass is 275 g/mol. The van der Waals surface area contributed by atoms with E-state index in [1.165, 1.54) is 35.2 Å². The summed E-state index contributed by atoms with van der Waals surface area (Å²) >= 11 is 0. The van der Waals surface area contributed by atoms with E-state index in [0.29, 0.717) is 0 Å². The topological polar surface area (TPSA) is 21.3 Å². The third-order valence-corrected chi connectivity index (χ3v) is 3.47. The molecule has 2 aromatic rings. The number of aryl methyl sites for hydroxylation is 1. The van der Waals surface area contributed by atoms with Gasteiger partial charge in [-0.05, 0) is 53.8 Å². The molecule has 0 fully saturated rings. The Morgan fingerprint density at radius 1 is 1.00 bits per heavy atom. The van der Waals surface area contributed by atoms with Crippen molar-refractivity contribution in [2.24, 2.45) is 0 Å². The van der Waals surface area contributed by atoms with Crippen LogP contribution in [0.5, 0.6) is 5.75 Å². The summed E-state index contributed by atoms with van der Waals surface area (Å²) < 4.78 is 5.19. The number of benzene rings is 2. The first kappa shape index (κ1) is 13.8. The standard InChI is InChI=1S/C16H17NO.ClH/c1-18-15-7-4-12(5-8-15)13-6-9-16-14(11-13)3-2-10-17-16;/h4-9,11,17H,2-3,10H2,1H3;1H. The quantitative estimate of drug-likeness (QED) is 0.889. The molecule has 0 aliphatic carbocycles. The van der Waals surface area contributed by atoms with E-state index >= 15 is 0 Å². The highest BCUT2D eigenvalue weighted by atomic mass is 35.5. The summed E-state index contributed by atoms with van der Waals surface area (Å²) in [5.41, 5.74) is 5.23. The van der Waals surface area contributed by atoms with Gasteiger partial charge in [0.2, 0.25) is 0 Å². The lowest BCUT2D eigenvalue weighted by Crippen LogP contribution is -2.11. The maximum absolute atomic E-state index is 5.19. The molecule has 0 atom stereocenters. The summed E-state index contributed by atoms with van der Waals surface area (Å²) in [5, 5.41) is 3.44. The third-order valence-electron chi connectivity index (χ3n) is 3.47. The van der Waals surface area contributed by atoms with Gasteiger partial charge >= 0.3 is 0 Å². The van der Waals surface area contributed by atoms with Crippen LogP contribution in [0.25, 0.3) is 11.1 Å². The van der Waals surface area contributed by atoms with Gasteiger partial charge in [0.15, 0.2) is 0 Å². The van der Waals surface area contributed by atoms with Gasteiger partial charge in [-0.3, -0.25) is 0 Å². The molecule has 3 rings (SSSR count). The van der Waals surface area contributed by atoms with Gasteiger partial charge in [0.25, 0.3) is 0 Å². The second kappa shape index (κ2) is 5.98. The van der Waals surface area contributed by atoms with Crippen LogP contribution in [-0.2, 0) is 6.42 Å². The molecular formula is C16H18ClNO. The third kappa shape index (κ3) is 2.85. The number of ether oxygens (including phenoxy) is 1. The fraction of sp³-hybridized carbons (Fsp3) is 0.250. The summed E-state index contributed by atoms with van der Waals surface area (Å²) in [6.45, 7) is 1.09. The average molecular weight is 276 g/mol. The molecule has 19 heavy (non-hydrogen) atoms. The number of nitrogens with one attached hydrogen (secondary N) is 1. The van der Waals surface area contributed by atoms with E-state index in [0.717, 1.165) is 12.3 Å². The van der Waals surface area contributed by atoms with Crippen LogP contribution in [0.2, 0.25) is 0 Å². The zero-order valence-electron chi connectivity index (χ0n) is 11.0. The minimum Gasteiger partial charge on any atom is -0.497 e. The van der Waals surface area contributed by atoms with Crippen LogP contribution in [0.15, 0.2) is 42.5 Å². The van der Waals surface area contributed by atoms with Crippen LogP contribution in [0.3, 0.4) is 0 Å². The number of halogens is 1. The molecular weight excluding hydrogens is 258 g/mol. The first-order valence-electron chi connectivity index (χ1n) is 6.38. The smallest absolute Gasteiger partial charge is 0.118 e. The van der Waals surface area contributed by atoms with Crippen molar-refractivity contribution in [3.8, 4) is 16.9 Å². The normalized spacial score (nSPS) is 12.9. The van der Waals surface area contributed by atoms with Crippen molar-refractivity contribution in [1.29, 1.82) is 0 Å². The minimum absolute atomic E-state index is 0. The molecule has 0 saturated heterocycles. The summed E-state index contributed by atoms with van der Waals surface area (Å²) in [6, 6.07) is 14.9. The molecule has 0 saturated carbocycles. The maximum Gasteiger partial charge on any atom is 0.118 e. The number of methoxy groups -OCH3 is 1. The zero-order chi connectivity index (χ0) is 12.4. The van der Waals surface area contributed by atoms with Crippen molar-refractivity contribution in [1.82, 2.24) is 0 Å². The SMILES string of the molecule is COc1ccc(-c2ccc3c(c2)CCCN3)cc1.Cl. The molecule has 1 aliphatic heterocycles. The van der Waals surface area contributed by atoms with E-state index in [1.807, 2.05) is 12.1 Å². The molecule has 100 valence electrons. The fourth-order valence-corrected chi connectivity index (χ4v) is 2.44. The number of hydrogen-bond acceptors (Lipinski definition) is 2. The molecule has 1 N–H and O–H groups in total. The number of hydrogen-bond donors (Lipinski definition) is 1. The van der Waals surface area contributed by atoms with Crippen LogP contribution < -0.4 is 10.1 Å². The van der Waals surface area contributed by atoms with Crippen molar-refractivity contribution in [3.63, 3.8) is 0 Å². The van der Waals surface area contributed by atoms with Gasteiger partial charge in [-0.25, -0.2) is 0 Å². The van der Waals surface area contributed by atoms with Crippen molar-refractivity contribution in [2.75, 3.05) is 19.0 Å². The largest absolute Gasteiger partial charge is 0.497 e. The predicted molar refractivity (Wildman–Crippen MR) is 82.5 cm³/mol. The molecule has 0 unspecified atom stereocenters. The molecule has 0 amide bonds. The Kier molecular flexibility index (Phi) is 4.33. The second-order valence-corrected chi connectivity index (χ2v) is 4.63. The van der Waals surface area contributed by atoms with Gasteiger partial charge in [0.05, 0.1) is 7.11 Å². The molecule has 2 aromatic carbocycles. The highest BCUT2D eigenvalue weighted by molar-refractivity contribution is 5.85.